The molecule has 0 amide bonds. The van der Waals surface area contributed by atoms with E-state index in [0.717, 1.165) is 37.6 Å². The van der Waals surface area contributed by atoms with E-state index in [1.807, 2.05) is 18.2 Å². The lowest BCUT2D eigenvalue weighted by Crippen LogP contribution is -2.48. The zero-order valence-corrected chi connectivity index (χ0v) is 17.5. The van der Waals surface area contributed by atoms with Gasteiger partial charge in [-0.1, -0.05) is 41.9 Å². The van der Waals surface area contributed by atoms with E-state index < -0.39 is 10.0 Å². The van der Waals surface area contributed by atoms with Gasteiger partial charge in [0.15, 0.2) is 0 Å². The fourth-order valence-electron chi connectivity index (χ4n) is 3.33. The van der Waals surface area contributed by atoms with Crippen molar-refractivity contribution >= 4 is 27.3 Å². The molecular formula is C20H26ClN3O3S. The van der Waals surface area contributed by atoms with Gasteiger partial charge in [0.2, 0.25) is 10.0 Å². The Hall–Kier alpha value is -1.80. The first kappa shape index (κ1) is 20.9. The Labute approximate surface area is 172 Å². The molecule has 2 aromatic rings. The van der Waals surface area contributed by atoms with Crippen molar-refractivity contribution in [1.29, 1.82) is 0 Å². The average Bonchev–Trinajstić information content (AvgIpc) is 2.70. The molecule has 6 nitrogen and oxygen atoms in total. The van der Waals surface area contributed by atoms with E-state index in [1.165, 1.54) is 0 Å². The Morgan fingerprint density at radius 1 is 1.04 bits per heavy atom. The first-order valence-corrected chi connectivity index (χ1v) is 11.3. The van der Waals surface area contributed by atoms with Gasteiger partial charge in [0, 0.05) is 44.3 Å². The maximum atomic E-state index is 12.3. The number of piperazine rings is 1. The van der Waals surface area contributed by atoms with Crippen molar-refractivity contribution in [3.8, 4) is 5.75 Å². The van der Waals surface area contributed by atoms with Crippen LogP contribution >= 0.6 is 11.6 Å². The highest BCUT2D eigenvalue weighted by atomic mass is 35.5. The molecule has 0 saturated carbocycles. The number of para-hydroxylation sites is 2. The van der Waals surface area contributed by atoms with Crippen LogP contribution in [0.1, 0.15) is 5.56 Å². The summed E-state index contributed by atoms with van der Waals surface area (Å²) in [5.74, 6) is 0.775. The monoisotopic (exact) mass is 423 g/mol. The quantitative estimate of drug-likeness (QED) is 0.707. The second-order valence-corrected chi connectivity index (χ2v) is 8.96. The zero-order chi connectivity index (χ0) is 20.0. The second-order valence-electron chi connectivity index (χ2n) is 6.75. The Balaban J connectivity index is 1.45. The second kappa shape index (κ2) is 9.60. The molecule has 1 saturated heterocycles. The van der Waals surface area contributed by atoms with Gasteiger partial charge in [-0.05, 0) is 23.8 Å². The van der Waals surface area contributed by atoms with Crippen LogP contribution in [0.15, 0.2) is 48.5 Å². The van der Waals surface area contributed by atoms with Crippen LogP contribution in [0.3, 0.4) is 0 Å². The molecule has 1 aliphatic heterocycles. The molecular weight excluding hydrogens is 398 g/mol. The number of hydrogen-bond donors (Lipinski definition) is 1. The maximum Gasteiger partial charge on any atom is 0.215 e. The van der Waals surface area contributed by atoms with Crippen molar-refractivity contribution in [2.75, 3.05) is 51.3 Å². The third-order valence-electron chi connectivity index (χ3n) is 4.85. The minimum absolute atomic E-state index is 0.103. The SMILES string of the molecule is COc1ccccc1N1CCN(CCNS(=O)(=O)Cc2ccccc2Cl)CC1. The number of anilines is 1. The van der Waals surface area contributed by atoms with E-state index >= 15 is 0 Å². The summed E-state index contributed by atoms with van der Waals surface area (Å²) in [5.41, 5.74) is 1.71. The number of benzene rings is 2. The molecule has 0 atom stereocenters. The summed E-state index contributed by atoms with van der Waals surface area (Å²) in [6, 6.07) is 15.0. The largest absolute Gasteiger partial charge is 0.495 e. The molecule has 0 radical (unpaired) electrons. The van der Waals surface area contributed by atoms with Crippen LogP contribution in [0.4, 0.5) is 5.69 Å². The van der Waals surface area contributed by atoms with Gasteiger partial charge < -0.3 is 9.64 Å². The van der Waals surface area contributed by atoms with Crippen molar-refractivity contribution in [2.45, 2.75) is 5.75 Å². The van der Waals surface area contributed by atoms with E-state index in [2.05, 4.69) is 20.6 Å². The van der Waals surface area contributed by atoms with Crippen molar-refractivity contribution in [3.63, 3.8) is 0 Å². The number of ether oxygens (including phenoxy) is 1. The van der Waals surface area contributed by atoms with Crippen molar-refractivity contribution in [3.05, 3.63) is 59.1 Å². The van der Waals surface area contributed by atoms with Gasteiger partial charge in [-0.2, -0.15) is 0 Å². The Morgan fingerprint density at radius 3 is 2.43 bits per heavy atom. The van der Waals surface area contributed by atoms with Crippen LogP contribution in [-0.4, -0.2) is 59.7 Å². The van der Waals surface area contributed by atoms with Crippen LogP contribution in [-0.2, 0) is 15.8 Å². The molecule has 0 aromatic heterocycles. The average molecular weight is 424 g/mol. The predicted octanol–water partition coefficient (Wildman–Crippen LogP) is 2.59. The van der Waals surface area contributed by atoms with E-state index in [4.69, 9.17) is 16.3 Å². The molecule has 8 heteroatoms. The summed E-state index contributed by atoms with van der Waals surface area (Å²) < 4.78 is 32.7. The van der Waals surface area contributed by atoms with Crippen molar-refractivity contribution in [2.24, 2.45) is 0 Å². The zero-order valence-electron chi connectivity index (χ0n) is 16.0. The molecule has 1 N–H and O–H groups in total. The molecule has 2 aromatic carbocycles. The number of halogens is 1. The fraction of sp³-hybridized carbons (Fsp3) is 0.400. The lowest BCUT2D eigenvalue weighted by atomic mass is 10.2. The van der Waals surface area contributed by atoms with Gasteiger partial charge in [0.1, 0.15) is 5.75 Å². The Morgan fingerprint density at radius 2 is 1.71 bits per heavy atom. The van der Waals surface area contributed by atoms with Gasteiger partial charge in [-0.25, -0.2) is 13.1 Å². The minimum Gasteiger partial charge on any atom is -0.495 e. The normalized spacial score (nSPS) is 15.6. The number of sulfonamides is 1. The smallest absolute Gasteiger partial charge is 0.215 e. The van der Waals surface area contributed by atoms with Gasteiger partial charge in [-0.15, -0.1) is 0 Å². The van der Waals surface area contributed by atoms with Crippen LogP contribution < -0.4 is 14.4 Å². The number of rotatable bonds is 8. The highest BCUT2D eigenvalue weighted by Gasteiger charge is 2.20. The topological polar surface area (TPSA) is 61.9 Å². The molecule has 3 rings (SSSR count). The summed E-state index contributed by atoms with van der Waals surface area (Å²) in [7, 11) is -1.72. The van der Waals surface area contributed by atoms with Gasteiger partial charge in [0.05, 0.1) is 18.6 Å². The lowest BCUT2D eigenvalue weighted by molar-refractivity contribution is 0.261. The number of hydrogen-bond acceptors (Lipinski definition) is 5. The van der Waals surface area contributed by atoms with Gasteiger partial charge in [-0.3, -0.25) is 4.90 Å². The molecule has 1 aliphatic rings. The third-order valence-corrected chi connectivity index (χ3v) is 6.56. The predicted molar refractivity (Wildman–Crippen MR) is 114 cm³/mol. The minimum atomic E-state index is -3.41. The molecule has 1 fully saturated rings. The van der Waals surface area contributed by atoms with E-state index in [0.29, 0.717) is 23.7 Å². The highest BCUT2D eigenvalue weighted by Crippen LogP contribution is 2.28. The molecule has 1 heterocycles. The number of nitrogens with one attached hydrogen (secondary N) is 1. The fourth-order valence-corrected chi connectivity index (χ4v) is 4.78. The Kier molecular flexibility index (Phi) is 7.18. The molecule has 28 heavy (non-hydrogen) atoms. The molecule has 0 spiro atoms. The van der Waals surface area contributed by atoms with Crippen LogP contribution in [0, 0.1) is 0 Å². The number of nitrogens with zero attached hydrogens (tertiary/aromatic N) is 2. The maximum absolute atomic E-state index is 12.3. The summed E-state index contributed by atoms with van der Waals surface area (Å²) in [6.45, 7) is 4.59. The third kappa shape index (κ3) is 5.61. The number of methoxy groups -OCH3 is 1. The van der Waals surface area contributed by atoms with Crippen LogP contribution in [0.25, 0.3) is 0 Å². The summed E-state index contributed by atoms with van der Waals surface area (Å²) in [4.78, 5) is 4.57. The molecule has 0 unspecified atom stereocenters. The van der Waals surface area contributed by atoms with Crippen molar-refractivity contribution < 1.29 is 13.2 Å². The first-order chi connectivity index (χ1) is 13.5. The van der Waals surface area contributed by atoms with Crippen LogP contribution in [0.5, 0.6) is 5.75 Å². The summed E-state index contributed by atoms with van der Waals surface area (Å²) in [6.07, 6.45) is 0. The lowest BCUT2D eigenvalue weighted by Gasteiger charge is -2.36. The standard InChI is InChI=1S/C20H26ClN3O3S/c1-27-20-9-5-4-8-19(20)24-14-12-23(13-15-24)11-10-22-28(25,26)16-17-6-2-3-7-18(17)21/h2-9,22H,10-16H2,1H3. The van der Waals surface area contributed by atoms with E-state index in [9.17, 15) is 8.42 Å². The summed E-state index contributed by atoms with van der Waals surface area (Å²) >= 11 is 6.06. The summed E-state index contributed by atoms with van der Waals surface area (Å²) in [5, 5.41) is 0.473. The Bertz CT molecular complexity index is 884. The molecule has 0 bridgehead atoms. The highest BCUT2D eigenvalue weighted by molar-refractivity contribution is 7.88. The van der Waals surface area contributed by atoms with Gasteiger partial charge in [0.25, 0.3) is 0 Å². The molecule has 152 valence electrons. The van der Waals surface area contributed by atoms with E-state index in [-0.39, 0.29) is 5.75 Å². The molecule has 0 aliphatic carbocycles. The van der Waals surface area contributed by atoms with Gasteiger partial charge >= 0.3 is 0 Å². The van der Waals surface area contributed by atoms with E-state index in [1.54, 1.807) is 31.4 Å². The van der Waals surface area contributed by atoms with Crippen LogP contribution in [0.2, 0.25) is 5.02 Å². The van der Waals surface area contributed by atoms with Crippen molar-refractivity contribution in [1.82, 2.24) is 9.62 Å². The first-order valence-electron chi connectivity index (χ1n) is 9.29.